The molecule has 0 amide bonds. The minimum Gasteiger partial charge on any atom is -0.368 e. The van der Waals surface area contributed by atoms with Crippen LogP contribution in [-0.2, 0) is 23.2 Å². The lowest BCUT2D eigenvalue weighted by atomic mass is 10.0. The number of fused-ring (bicyclic) bond motifs is 1. The van der Waals surface area contributed by atoms with E-state index in [0.29, 0.717) is 12.4 Å². The van der Waals surface area contributed by atoms with Crippen LogP contribution in [-0.4, -0.2) is 16.6 Å². The van der Waals surface area contributed by atoms with Gasteiger partial charge in [-0.15, -0.1) is 0 Å². The molecule has 0 fully saturated rings. The van der Waals surface area contributed by atoms with E-state index in [-0.39, 0.29) is 5.56 Å². The van der Waals surface area contributed by atoms with E-state index in [4.69, 9.17) is 9.72 Å². The van der Waals surface area contributed by atoms with Crippen LogP contribution < -0.4 is 5.56 Å². The number of ether oxygens (including phenoxy) is 1. The van der Waals surface area contributed by atoms with Crippen molar-refractivity contribution in [2.24, 2.45) is 0 Å². The van der Waals surface area contributed by atoms with Crippen LogP contribution >= 0.6 is 0 Å². The highest BCUT2D eigenvalue weighted by Gasteiger charge is 2.29. The summed E-state index contributed by atoms with van der Waals surface area (Å²) >= 11 is 0. The summed E-state index contributed by atoms with van der Waals surface area (Å²) in [5.41, 5.74) is 1.41. The molecule has 1 heterocycles. The summed E-state index contributed by atoms with van der Waals surface area (Å²) < 4.78 is 5.81. The van der Waals surface area contributed by atoms with Crippen LogP contribution in [0.2, 0.25) is 0 Å². The first kappa shape index (κ1) is 14.3. The third kappa shape index (κ3) is 2.89. The van der Waals surface area contributed by atoms with E-state index in [1.54, 1.807) is 0 Å². The molecule has 1 aromatic rings. The minimum atomic E-state index is -0.491. The van der Waals surface area contributed by atoms with Crippen LogP contribution in [0.5, 0.6) is 0 Å². The van der Waals surface area contributed by atoms with Crippen molar-refractivity contribution in [1.82, 2.24) is 9.97 Å². The second-order valence-electron chi connectivity index (χ2n) is 5.42. The summed E-state index contributed by atoms with van der Waals surface area (Å²) in [5.74, 6) is 0.683. The molecule has 0 aliphatic heterocycles. The largest absolute Gasteiger partial charge is 0.368 e. The maximum absolute atomic E-state index is 12.3. The second-order valence-corrected chi connectivity index (χ2v) is 5.42. The number of aromatic amines is 1. The van der Waals surface area contributed by atoms with Crippen molar-refractivity contribution >= 4 is 0 Å². The molecule has 0 aromatic carbocycles. The van der Waals surface area contributed by atoms with Crippen molar-refractivity contribution in [1.29, 1.82) is 0 Å². The Morgan fingerprint density at radius 1 is 1.26 bits per heavy atom. The quantitative estimate of drug-likeness (QED) is 0.851. The Balaban J connectivity index is 2.46. The SMILES string of the molecule is CCOC(C)(CC)c1nc2c(c(=O)[nH]1)CCCCC2. The monoisotopic (exact) mass is 264 g/mol. The Bertz CT molecular complexity index is 495. The number of rotatable bonds is 4. The fourth-order valence-electron chi connectivity index (χ4n) is 2.69. The third-order valence-corrected chi connectivity index (χ3v) is 4.08. The van der Waals surface area contributed by atoms with E-state index in [2.05, 4.69) is 11.9 Å². The lowest BCUT2D eigenvalue weighted by Gasteiger charge is -2.27. The normalized spacial score (nSPS) is 18.5. The van der Waals surface area contributed by atoms with Crippen LogP contribution in [0.15, 0.2) is 4.79 Å². The van der Waals surface area contributed by atoms with Gasteiger partial charge in [-0.1, -0.05) is 13.3 Å². The van der Waals surface area contributed by atoms with Gasteiger partial charge in [0.05, 0.1) is 5.69 Å². The number of hydrogen-bond donors (Lipinski definition) is 1. The van der Waals surface area contributed by atoms with Gasteiger partial charge in [0, 0.05) is 12.2 Å². The van der Waals surface area contributed by atoms with Crippen molar-refractivity contribution < 1.29 is 4.74 Å². The average molecular weight is 264 g/mol. The zero-order chi connectivity index (χ0) is 13.9. The molecule has 4 heteroatoms. The summed E-state index contributed by atoms with van der Waals surface area (Å²) in [6.07, 6.45) is 5.96. The van der Waals surface area contributed by atoms with Gasteiger partial charge in [0.2, 0.25) is 0 Å². The smallest absolute Gasteiger partial charge is 0.254 e. The molecule has 0 spiro atoms. The van der Waals surface area contributed by atoms with Gasteiger partial charge in [0.1, 0.15) is 11.4 Å². The fourth-order valence-corrected chi connectivity index (χ4v) is 2.69. The zero-order valence-corrected chi connectivity index (χ0v) is 12.2. The molecule has 1 aliphatic carbocycles. The first-order valence-electron chi connectivity index (χ1n) is 7.37. The molecule has 0 bridgehead atoms. The highest BCUT2D eigenvalue weighted by Crippen LogP contribution is 2.26. The molecule has 1 atom stereocenters. The van der Waals surface area contributed by atoms with E-state index in [0.717, 1.165) is 43.4 Å². The molecule has 1 unspecified atom stereocenters. The van der Waals surface area contributed by atoms with Gasteiger partial charge in [-0.25, -0.2) is 4.98 Å². The number of nitrogens with one attached hydrogen (secondary N) is 1. The first-order valence-corrected chi connectivity index (χ1v) is 7.37. The van der Waals surface area contributed by atoms with E-state index < -0.39 is 5.60 Å². The highest BCUT2D eigenvalue weighted by molar-refractivity contribution is 5.21. The Morgan fingerprint density at radius 3 is 2.68 bits per heavy atom. The molecule has 0 radical (unpaired) electrons. The van der Waals surface area contributed by atoms with Crippen LogP contribution in [0.4, 0.5) is 0 Å². The van der Waals surface area contributed by atoms with E-state index >= 15 is 0 Å². The lowest BCUT2D eigenvalue weighted by molar-refractivity contribution is -0.0393. The van der Waals surface area contributed by atoms with Crippen molar-refractivity contribution in [3.05, 3.63) is 27.4 Å². The number of nitrogens with zero attached hydrogens (tertiary/aromatic N) is 1. The van der Waals surface area contributed by atoms with Gasteiger partial charge in [0.15, 0.2) is 0 Å². The van der Waals surface area contributed by atoms with Gasteiger partial charge in [-0.3, -0.25) is 4.79 Å². The Kier molecular flexibility index (Phi) is 4.40. The molecule has 106 valence electrons. The van der Waals surface area contributed by atoms with E-state index in [9.17, 15) is 4.79 Å². The maximum Gasteiger partial charge on any atom is 0.254 e. The molecule has 1 N–H and O–H groups in total. The van der Waals surface area contributed by atoms with Gasteiger partial charge in [-0.05, 0) is 46.0 Å². The molecule has 2 rings (SSSR count). The van der Waals surface area contributed by atoms with Crippen LogP contribution in [0.25, 0.3) is 0 Å². The molecule has 0 saturated carbocycles. The lowest BCUT2D eigenvalue weighted by Crippen LogP contribution is -2.32. The predicted octanol–water partition coefficient (Wildman–Crippen LogP) is 2.70. The molecule has 19 heavy (non-hydrogen) atoms. The summed E-state index contributed by atoms with van der Waals surface area (Å²) in [5, 5.41) is 0. The summed E-state index contributed by atoms with van der Waals surface area (Å²) in [6, 6.07) is 0. The Labute approximate surface area is 114 Å². The average Bonchev–Trinajstić information content (AvgIpc) is 2.64. The number of aryl methyl sites for hydroxylation is 1. The van der Waals surface area contributed by atoms with Crippen LogP contribution in [0.1, 0.15) is 63.5 Å². The standard InChI is InChI=1S/C15H24N2O2/c1-4-15(3,19-5-2)14-16-12-10-8-6-7-9-11(12)13(18)17-14/h4-10H2,1-3H3,(H,16,17,18). The maximum atomic E-state index is 12.3. The van der Waals surface area contributed by atoms with Crippen molar-refractivity contribution in [3.8, 4) is 0 Å². The molecule has 1 aromatic heterocycles. The Morgan fingerprint density at radius 2 is 2.00 bits per heavy atom. The first-order chi connectivity index (χ1) is 9.10. The zero-order valence-electron chi connectivity index (χ0n) is 12.2. The summed E-state index contributed by atoms with van der Waals surface area (Å²) in [6.45, 7) is 6.64. The van der Waals surface area contributed by atoms with Gasteiger partial charge in [-0.2, -0.15) is 0 Å². The molecular formula is C15H24N2O2. The summed E-state index contributed by atoms with van der Waals surface area (Å²) in [7, 11) is 0. The van der Waals surface area contributed by atoms with Gasteiger partial charge in [0.25, 0.3) is 5.56 Å². The highest BCUT2D eigenvalue weighted by atomic mass is 16.5. The topological polar surface area (TPSA) is 55.0 Å². The number of aromatic nitrogens is 2. The predicted molar refractivity (Wildman–Crippen MR) is 75.4 cm³/mol. The minimum absolute atomic E-state index is 0.0290. The fraction of sp³-hybridized carbons (Fsp3) is 0.733. The third-order valence-electron chi connectivity index (χ3n) is 4.08. The van der Waals surface area contributed by atoms with Gasteiger partial charge < -0.3 is 9.72 Å². The van der Waals surface area contributed by atoms with Crippen molar-refractivity contribution in [2.45, 2.75) is 64.9 Å². The number of H-pyrrole nitrogens is 1. The molecular weight excluding hydrogens is 240 g/mol. The van der Waals surface area contributed by atoms with Crippen molar-refractivity contribution in [3.63, 3.8) is 0 Å². The van der Waals surface area contributed by atoms with Crippen LogP contribution in [0.3, 0.4) is 0 Å². The summed E-state index contributed by atoms with van der Waals surface area (Å²) in [4.78, 5) is 19.9. The molecule has 1 aliphatic rings. The Hall–Kier alpha value is -1.16. The van der Waals surface area contributed by atoms with Crippen LogP contribution in [0, 0.1) is 0 Å². The van der Waals surface area contributed by atoms with Crippen molar-refractivity contribution in [2.75, 3.05) is 6.61 Å². The molecule has 4 nitrogen and oxygen atoms in total. The van der Waals surface area contributed by atoms with Gasteiger partial charge >= 0.3 is 0 Å². The van der Waals surface area contributed by atoms with E-state index in [1.165, 1.54) is 6.42 Å². The van der Waals surface area contributed by atoms with E-state index in [1.807, 2.05) is 13.8 Å². The molecule has 0 saturated heterocycles. The number of hydrogen-bond acceptors (Lipinski definition) is 3. The second kappa shape index (κ2) is 5.87.